The molecule has 4 heteroatoms. The van der Waals surface area contributed by atoms with Crippen molar-refractivity contribution >= 4 is 11.8 Å². The number of benzene rings is 1. The van der Waals surface area contributed by atoms with Gasteiger partial charge in [0.2, 0.25) is 0 Å². The van der Waals surface area contributed by atoms with Gasteiger partial charge >= 0.3 is 5.97 Å². The molecule has 0 fully saturated rings. The Morgan fingerprint density at radius 3 is 2.79 bits per heavy atom. The fourth-order valence-electron chi connectivity index (χ4n) is 1.34. The first kappa shape index (κ1) is 8.74. The molecule has 4 nitrogen and oxygen atoms in total. The van der Waals surface area contributed by atoms with Gasteiger partial charge in [-0.05, 0) is 19.1 Å². The highest BCUT2D eigenvalue weighted by atomic mass is 16.5. The van der Waals surface area contributed by atoms with Gasteiger partial charge in [0.15, 0.2) is 5.78 Å². The largest absolute Gasteiger partial charge is 0.508 e. The van der Waals surface area contributed by atoms with Gasteiger partial charge in [-0.1, -0.05) is 0 Å². The van der Waals surface area contributed by atoms with E-state index in [9.17, 15) is 9.59 Å². The molecule has 1 unspecified atom stereocenters. The van der Waals surface area contributed by atoms with Crippen LogP contribution in [0.2, 0.25) is 0 Å². The molecule has 2 rings (SSSR count). The third kappa shape index (κ3) is 1.16. The second-order valence-corrected chi connectivity index (χ2v) is 3.19. The van der Waals surface area contributed by atoms with Gasteiger partial charge in [-0.15, -0.1) is 0 Å². The fourth-order valence-corrected chi connectivity index (χ4v) is 1.34. The summed E-state index contributed by atoms with van der Waals surface area (Å²) in [5.74, 6) is -1.49. The number of esters is 1. The predicted octanol–water partition coefficient (Wildman–Crippen LogP) is 1.13. The number of phenolic OH excluding ortho intramolecular Hbond substituents is 1. The van der Waals surface area contributed by atoms with E-state index in [4.69, 9.17) is 9.84 Å². The van der Waals surface area contributed by atoms with Crippen LogP contribution < -0.4 is 4.74 Å². The number of ketones is 1. The van der Waals surface area contributed by atoms with Crippen LogP contribution in [-0.2, 0) is 4.79 Å². The summed E-state index contributed by atoms with van der Waals surface area (Å²) in [6, 6.07) is 4.11. The molecule has 1 aromatic rings. The molecule has 0 bridgehead atoms. The van der Waals surface area contributed by atoms with E-state index in [2.05, 4.69) is 0 Å². The SMILES string of the molecule is CC1C(=O)Oc2cc(O)ccc2C1=O. The Kier molecular flexibility index (Phi) is 1.77. The molecule has 0 saturated heterocycles. The molecule has 1 aromatic carbocycles. The van der Waals surface area contributed by atoms with Crippen molar-refractivity contribution in [1.29, 1.82) is 0 Å². The highest BCUT2D eigenvalue weighted by molar-refractivity contribution is 6.13. The third-order valence-corrected chi connectivity index (χ3v) is 2.19. The Hall–Kier alpha value is -1.84. The second kappa shape index (κ2) is 2.83. The zero-order valence-electron chi connectivity index (χ0n) is 7.48. The molecule has 0 saturated carbocycles. The zero-order valence-corrected chi connectivity index (χ0v) is 7.48. The van der Waals surface area contributed by atoms with Gasteiger partial charge in [0.1, 0.15) is 17.4 Å². The maximum Gasteiger partial charge on any atom is 0.321 e. The molecule has 0 spiro atoms. The minimum Gasteiger partial charge on any atom is -0.508 e. The van der Waals surface area contributed by atoms with Crippen LogP contribution in [-0.4, -0.2) is 16.9 Å². The lowest BCUT2D eigenvalue weighted by Gasteiger charge is -2.19. The standard InChI is InChI=1S/C10H8O4/c1-5-9(12)7-3-2-6(11)4-8(7)14-10(5)13/h2-5,11H,1H3. The number of aromatic hydroxyl groups is 1. The molecule has 0 aromatic heterocycles. The molecule has 1 heterocycles. The topological polar surface area (TPSA) is 63.6 Å². The molecule has 0 radical (unpaired) electrons. The number of rotatable bonds is 0. The Morgan fingerprint density at radius 1 is 1.36 bits per heavy atom. The van der Waals surface area contributed by atoms with Crippen LogP contribution in [0.1, 0.15) is 17.3 Å². The summed E-state index contributed by atoms with van der Waals surface area (Å²) in [6.07, 6.45) is 0. The minimum absolute atomic E-state index is 0.0288. The molecular weight excluding hydrogens is 184 g/mol. The molecule has 0 aliphatic carbocycles. The average Bonchev–Trinajstić information content (AvgIpc) is 2.14. The molecular formula is C10H8O4. The summed E-state index contributed by atoms with van der Waals surface area (Å²) in [5, 5.41) is 9.12. The Morgan fingerprint density at radius 2 is 2.07 bits per heavy atom. The van der Waals surface area contributed by atoms with Crippen molar-refractivity contribution in [1.82, 2.24) is 0 Å². The molecule has 0 amide bonds. The average molecular weight is 192 g/mol. The number of phenols is 1. The number of ether oxygens (including phenoxy) is 1. The normalized spacial score (nSPS) is 20.2. The first-order valence-corrected chi connectivity index (χ1v) is 4.18. The van der Waals surface area contributed by atoms with Crippen molar-refractivity contribution in [3.05, 3.63) is 23.8 Å². The van der Waals surface area contributed by atoms with Crippen molar-refractivity contribution in [2.75, 3.05) is 0 Å². The maximum atomic E-state index is 11.6. The number of hydrogen-bond acceptors (Lipinski definition) is 4. The van der Waals surface area contributed by atoms with E-state index in [0.717, 1.165) is 0 Å². The van der Waals surface area contributed by atoms with Gasteiger partial charge in [0, 0.05) is 6.07 Å². The summed E-state index contributed by atoms with van der Waals surface area (Å²) >= 11 is 0. The molecule has 1 atom stereocenters. The van der Waals surface area contributed by atoms with Gasteiger partial charge in [0.25, 0.3) is 0 Å². The number of hydrogen-bond donors (Lipinski definition) is 1. The van der Waals surface area contributed by atoms with Crippen molar-refractivity contribution in [2.24, 2.45) is 5.92 Å². The highest BCUT2D eigenvalue weighted by Gasteiger charge is 2.32. The highest BCUT2D eigenvalue weighted by Crippen LogP contribution is 2.30. The number of carbonyl (C=O) groups is 2. The quantitative estimate of drug-likeness (QED) is 0.380. The summed E-state index contributed by atoms with van der Waals surface area (Å²) in [7, 11) is 0. The predicted molar refractivity (Wildman–Crippen MR) is 47.2 cm³/mol. The lowest BCUT2D eigenvalue weighted by molar-refractivity contribution is -0.137. The third-order valence-electron chi connectivity index (χ3n) is 2.19. The molecule has 72 valence electrons. The van der Waals surface area contributed by atoms with E-state index in [1.54, 1.807) is 0 Å². The summed E-state index contributed by atoms with van der Waals surface area (Å²) in [4.78, 5) is 22.7. The Bertz CT molecular complexity index is 422. The van der Waals surface area contributed by atoms with E-state index < -0.39 is 11.9 Å². The van der Waals surface area contributed by atoms with Crippen LogP contribution in [0.25, 0.3) is 0 Å². The number of carbonyl (C=O) groups excluding carboxylic acids is 2. The molecule has 1 N–H and O–H groups in total. The van der Waals surface area contributed by atoms with Gasteiger partial charge in [-0.3, -0.25) is 9.59 Å². The van der Waals surface area contributed by atoms with Crippen LogP contribution >= 0.6 is 0 Å². The lowest BCUT2D eigenvalue weighted by Crippen LogP contribution is -2.31. The van der Waals surface area contributed by atoms with E-state index in [1.807, 2.05) is 0 Å². The van der Waals surface area contributed by atoms with Crippen molar-refractivity contribution in [3.8, 4) is 11.5 Å². The van der Waals surface area contributed by atoms with E-state index in [-0.39, 0.29) is 17.3 Å². The summed E-state index contributed by atoms with van der Waals surface area (Å²) in [5.41, 5.74) is 0.343. The van der Waals surface area contributed by atoms with Crippen LogP contribution in [0.3, 0.4) is 0 Å². The minimum atomic E-state index is -0.757. The molecule has 1 aliphatic heterocycles. The van der Waals surface area contributed by atoms with Crippen LogP contribution in [0.4, 0.5) is 0 Å². The molecule has 14 heavy (non-hydrogen) atoms. The molecule has 1 aliphatic rings. The first-order chi connectivity index (χ1) is 6.59. The monoisotopic (exact) mass is 192 g/mol. The van der Waals surface area contributed by atoms with Crippen molar-refractivity contribution in [3.63, 3.8) is 0 Å². The smallest absolute Gasteiger partial charge is 0.321 e. The Labute approximate surface area is 80.1 Å². The van der Waals surface area contributed by atoms with Crippen molar-refractivity contribution < 1.29 is 19.4 Å². The van der Waals surface area contributed by atoms with Crippen LogP contribution in [0.15, 0.2) is 18.2 Å². The first-order valence-electron chi connectivity index (χ1n) is 4.18. The van der Waals surface area contributed by atoms with Gasteiger partial charge in [-0.25, -0.2) is 0 Å². The van der Waals surface area contributed by atoms with Gasteiger partial charge in [-0.2, -0.15) is 0 Å². The lowest BCUT2D eigenvalue weighted by atomic mass is 9.96. The van der Waals surface area contributed by atoms with Gasteiger partial charge < -0.3 is 9.84 Å². The zero-order chi connectivity index (χ0) is 10.3. The Balaban J connectivity index is 2.56. The van der Waals surface area contributed by atoms with E-state index in [1.165, 1.54) is 25.1 Å². The van der Waals surface area contributed by atoms with Crippen LogP contribution in [0, 0.1) is 5.92 Å². The summed E-state index contributed by atoms with van der Waals surface area (Å²) < 4.78 is 4.88. The van der Waals surface area contributed by atoms with E-state index >= 15 is 0 Å². The van der Waals surface area contributed by atoms with Gasteiger partial charge in [0.05, 0.1) is 5.56 Å². The summed E-state index contributed by atoms with van der Waals surface area (Å²) in [6.45, 7) is 1.50. The van der Waals surface area contributed by atoms with E-state index in [0.29, 0.717) is 5.56 Å². The number of fused-ring (bicyclic) bond motifs is 1. The second-order valence-electron chi connectivity index (χ2n) is 3.19. The van der Waals surface area contributed by atoms with Crippen LogP contribution in [0.5, 0.6) is 11.5 Å². The maximum absolute atomic E-state index is 11.6. The fraction of sp³-hybridized carbons (Fsp3) is 0.200. The number of Topliss-reactive ketones (excluding diaryl/α,β-unsaturated/α-hetero) is 1. The van der Waals surface area contributed by atoms with Crippen molar-refractivity contribution in [2.45, 2.75) is 6.92 Å².